The summed E-state index contributed by atoms with van der Waals surface area (Å²) in [6, 6.07) is -0.334. The number of thiazole rings is 1. The zero-order valence-electron chi connectivity index (χ0n) is 10.1. The van der Waals surface area contributed by atoms with Gasteiger partial charge in [-0.25, -0.2) is 13.4 Å². The second-order valence-electron chi connectivity index (χ2n) is 4.01. The van der Waals surface area contributed by atoms with Gasteiger partial charge in [0.1, 0.15) is 0 Å². The molecule has 10 heteroatoms. The minimum absolute atomic E-state index is 0.110. The fraction of sp³-hybridized carbons (Fsp3) is 0.667. The summed E-state index contributed by atoms with van der Waals surface area (Å²) in [6.45, 7) is 1.69. The number of alkyl halides is 3. The maximum absolute atomic E-state index is 11.9. The molecule has 1 heterocycles. The van der Waals surface area contributed by atoms with E-state index in [2.05, 4.69) is 9.71 Å². The van der Waals surface area contributed by atoms with Crippen LogP contribution in [0.3, 0.4) is 0 Å². The van der Waals surface area contributed by atoms with Crippen LogP contribution in [0.25, 0.3) is 0 Å². The van der Waals surface area contributed by atoms with Crippen LogP contribution < -0.4 is 10.5 Å². The van der Waals surface area contributed by atoms with E-state index in [9.17, 15) is 21.6 Å². The summed E-state index contributed by atoms with van der Waals surface area (Å²) in [4.78, 5) is 3.93. The van der Waals surface area contributed by atoms with Crippen LogP contribution in [0.1, 0.15) is 31.5 Å². The van der Waals surface area contributed by atoms with Crippen molar-refractivity contribution in [2.75, 3.05) is 10.5 Å². The van der Waals surface area contributed by atoms with Gasteiger partial charge in [0.05, 0.1) is 11.4 Å². The van der Waals surface area contributed by atoms with Gasteiger partial charge in [0.2, 0.25) is 10.0 Å². The molecule has 19 heavy (non-hydrogen) atoms. The number of halogens is 3. The molecular weight excluding hydrogens is 303 g/mol. The van der Waals surface area contributed by atoms with Crippen LogP contribution in [0, 0.1) is 0 Å². The van der Waals surface area contributed by atoms with Gasteiger partial charge in [-0.15, -0.1) is 11.3 Å². The van der Waals surface area contributed by atoms with Crippen LogP contribution in [-0.4, -0.2) is 25.3 Å². The highest BCUT2D eigenvalue weighted by Crippen LogP contribution is 2.23. The largest absolute Gasteiger partial charge is 0.389 e. The van der Waals surface area contributed by atoms with Crippen LogP contribution in [-0.2, 0) is 10.0 Å². The molecule has 110 valence electrons. The van der Waals surface area contributed by atoms with Crippen molar-refractivity contribution < 1.29 is 21.6 Å². The maximum atomic E-state index is 11.9. The number of hydrogen-bond acceptors (Lipinski definition) is 5. The molecule has 0 aliphatic carbocycles. The second-order valence-corrected chi connectivity index (χ2v) is 6.71. The summed E-state index contributed by atoms with van der Waals surface area (Å²) in [5.74, 6) is -0.598. The Morgan fingerprint density at radius 2 is 2.16 bits per heavy atom. The molecule has 0 aromatic carbocycles. The van der Waals surface area contributed by atoms with Crippen LogP contribution in [0.2, 0.25) is 0 Å². The molecule has 3 N–H and O–H groups in total. The first kappa shape index (κ1) is 16.2. The van der Waals surface area contributed by atoms with E-state index in [1.807, 2.05) is 0 Å². The Kier molecular flexibility index (Phi) is 5.16. The van der Waals surface area contributed by atoms with Crippen LogP contribution >= 0.6 is 11.3 Å². The van der Waals surface area contributed by atoms with E-state index >= 15 is 0 Å². The zero-order chi connectivity index (χ0) is 14.7. The molecule has 0 radical (unpaired) electrons. The molecule has 0 spiro atoms. The van der Waals surface area contributed by atoms with Gasteiger partial charge in [-0.3, -0.25) is 4.72 Å². The molecule has 0 aliphatic rings. The summed E-state index contributed by atoms with van der Waals surface area (Å²) in [7, 11) is -3.81. The molecule has 1 aromatic rings. The fourth-order valence-corrected chi connectivity index (χ4v) is 3.36. The van der Waals surface area contributed by atoms with Crippen molar-refractivity contribution in [2.45, 2.75) is 32.0 Å². The third-order valence-corrected chi connectivity index (χ3v) is 4.34. The average Bonchev–Trinajstić information content (AvgIpc) is 2.62. The van der Waals surface area contributed by atoms with Crippen LogP contribution in [0.15, 0.2) is 5.38 Å². The Hall–Kier alpha value is -0.870. The number of nitrogens with zero attached hydrogens (tertiary/aromatic N) is 1. The highest BCUT2D eigenvalue weighted by atomic mass is 32.2. The summed E-state index contributed by atoms with van der Waals surface area (Å²) in [5, 5.41) is 1.71. The lowest BCUT2D eigenvalue weighted by Gasteiger charge is -2.07. The molecule has 1 atom stereocenters. The van der Waals surface area contributed by atoms with Crippen molar-refractivity contribution in [3.63, 3.8) is 0 Å². The third-order valence-electron chi connectivity index (χ3n) is 2.10. The number of hydrogen-bond donors (Lipinski definition) is 2. The van der Waals surface area contributed by atoms with Gasteiger partial charge >= 0.3 is 6.18 Å². The van der Waals surface area contributed by atoms with E-state index < -0.39 is 34.8 Å². The van der Waals surface area contributed by atoms with E-state index in [4.69, 9.17) is 5.73 Å². The van der Waals surface area contributed by atoms with E-state index in [-0.39, 0.29) is 11.2 Å². The van der Waals surface area contributed by atoms with E-state index in [1.54, 1.807) is 12.3 Å². The van der Waals surface area contributed by atoms with Crippen molar-refractivity contribution in [3.8, 4) is 0 Å². The van der Waals surface area contributed by atoms with Gasteiger partial charge in [-0.2, -0.15) is 13.2 Å². The number of rotatable bonds is 6. The van der Waals surface area contributed by atoms with Crippen molar-refractivity contribution in [2.24, 2.45) is 5.73 Å². The molecule has 0 amide bonds. The van der Waals surface area contributed by atoms with Crippen molar-refractivity contribution in [1.82, 2.24) is 4.98 Å². The van der Waals surface area contributed by atoms with Gasteiger partial charge in [0, 0.05) is 17.8 Å². The van der Waals surface area contributed by atoms with E-state index in [0.29, 0.717) is 5.69 Å². The Balaban J connectivity index is 2.54. The number of aromatic nitrogens is 1. The first-order chi connectivity index (χ1) is 8.59. The summed E-state index contributed by atoms with van der Waals surface area (Å²) >= 11 is 1.04. The van der Waals surface area contributed by atoms with E-state index in [0.717, 1.165) is 11.3 Å². The molecule has 5 nitrogen and oxygen atoms in total. The first-order valence-electron chi connectivity index (χ1n) is 5.37. The van der Waals surface area contributed by atoms with Crippen molar-refractivity contribution in [1.29, 1.82) is 0 Å². The lowest BCUT2D eigenvalue weighted by Crippen LogP contribution is -2.19. The SMILES string of the molecule is CC(N)c1csc(NS(=O)(=O)CCCC(F)(F)F)n1. The van der Waals surface area contributed by atoms with Crippen LogP contribution in [0.5, 0.6) is 0 Å². The monoisotopic (exact) mass is 317 g/mol. The Morgan fingerprint density at radius 1 is 1.53 bits per heavy atom. The molecule has 0 aliphatic heterocycles. The lowest BCUT2D eigenvalue weighted by atomic mass is 10.3. The predicted octanol–water partition coefficient (Wildman–Crippen LogP) is 2.25. The van der Waals surface area contributed by atoms with Crippen LogP contribution in [0.4, 0.5) is 18.3 Å². The smallest absolute Gasteiger partial charge is 0.323 e. The Labute approximate surface area is 113 Å². The minimum atomic E-state index is -4.35. The number of sulfonamides is 1. The summed E-state index contributed by atoms with van der Waals surface area (Å²) < 4.78 is 60.9. The number of nitrogens with two attached hydrogens (primary N) is 1. The minimum Gasteiger partial charge on any atom is -0.323 e. The average molecular weight is 317 g/mol. The zero-order valence-corrected chi connectivity index (χ0v) is 11.7. The van der Waals surface area contributed by atoms with E-state index in [1.165, 1.54) is 0 Å². The predicted molar refractivity (Wildman–Crippen MR) is 67.4 cm³/mol. The molecule has 0 saturated heterocycles. The van der Waals surface area contributed by atoms with Gasteiger partial charge in [0.25, 0.3) is 0 Å². The van der Waals surface area contributed by atoms with Gasteiger partial charge in [-0.05, 0) is 13.3 Å². The third kappa shape index (κ3) is 6.21. The molecule has 1 rings (SSSR count). The van der Waals surface area contributed by atoms with Gasteiger partial charge < -0.3 is 5.73 Å². The maximum Gasteiger partial charge on any atom is 0.389 e. The molecule has 1 aromatic heterocycles. The molecule has 0 bridgehead atoms. The lowest BCUT2D eigenvalue weighted by molar-refractivity contribution is -0.134. The molecule has 1 unspecified atom stereocenters. The number of nitrogens with one attached hydrogen (secondary N) is 1. The Morgan fingerprint density at radius 3 is 2.63 bits per heavy atom. The summed E-state index contributed by atoms with van der Waals surface area (Å²) in [5.41, 5.74) is 6.09. The molecular formula is C9H14F3N3O2S2. The molecule has 0 saturated carbocycles. The van der Waals surface area contributed by atoms with Crippen molar-refractivity contribution in [3.05, 3.63) is 11.1 Å². The fourth-order valence-electron chi connectivity index (χ4n) is 1.19. The highest BCUT2D eigenvalue weighted by Gasteiger charge is 2.27. The normalized spacial score (nSPS) is 14.4. The Bertz CT molecular complexity index is 511. The topological polar surface area (TPSA) is 85.1 Å². The van der Waals surface area contributed by atoms with Gasteiger partial charge in [0.15, 0.2) is 5.13 Å². The molecule has 0 fully saturated rings. The standard InChI is InChI=1S/C9H14F3N3O2S2/c1-6(13)7-5-18-8(14-7)15-19(16,17)4-2-3-9(10,11)12/h5-6H,2-4,13H2,1H3,(H,14,15). The first-order valence-corrected chi connectivity index (χ1v) is 7.90. The van der Waals surface area contributed by atoms with Crippen molar-refractivity contribution >= 4 is 26.5 Å². The second kappa shape index (κ2) is 6.06. The summed E-state index contributed by atoms with van der Waals surface area (Å²) in [6.07, 6.45) is -5.96. The highest BCUT2D eigenvalue weighted by molar-refractivity contribution is 7.92. The quantitative estimate of drug-likeness (QED) is 0.842. The van der Waals surface area contributed by atoms with Gasteiger partial charge in [-0.1, -0.05) is 0 Å². The number of anilines is 1.